The van der Waals surface area contributed by atoms with E-state index in [0.29, 0.717) is 11.3 Å². The van der Waals surface area contributed by atoms with E-state index in [1.807, 2.05) is 6.92 Å². The predicted octanol–water partition coefficient (Wildman–Crippen LogP) is 7.05. The van der Waals surface area contributed by atoms with Gasteiger partial charge in [0.05, 0.1) is 48.2 Å². The van der Waals surface area contributed by atoms with Gasteiger partial charge in [0.25, 0.3) is 11.4 Å². The molecular formula is C21H21Cl6N2O5S+. The topological polar surface area (TPSA) is 107 Å². The van der Waals surface area contributed by atoms with Crippen LogP contribution in [0, 0.1) is 20.2 Å². The van der Waals surface area contributed by atoms with Crippen LogP contribution in [0.5, 0.6) is 5.75 Å². The van der Waals surface area contributed by atoms with Crippen LogP contribution in [0.2, 0.25) is 0 Å². The highest BCUT2D eigenvalue weighted by Crippen LogP contribution is 2.39. The van der Waals surface area contributed by atoms with Gasteiger partial charge in [-0.15, -0.1) is 69.6 Å². The summed E-state index contributed by atoms with van der Waals surface area (Å²) in [5, 5.41) is 28.6. The number of nitrogens with zero attached hydrogens (tertiary/aromatic N) is 2. The SMILES string of the molecule is CC[S+](Cc1cc([N+](=O)[O-])cc([N+](=O)[O-])c1)c1ccc(O)cc1.Cl[C@H]1[C@H](Cl)[C@@H](Cl)[C@@H](Cl)[C@H](Cl)[C@H]1Cl. The van der Waals surface area contributed by atoms with Crippen molar-refractivity contribution in [1.29, 1.82) is 0 Å². The lowest BCUT2D eigenvalue weighted by Gasteiger charge is -2.37. The van der Waals surface area contributed by atoms with E-state index in [-0.39, 0.29) is 28.0 Å². The van der Waals surface area contributed by atoms with Crippen LogP contribution in [0.3, 0.4) is 0 Å². The summed E-state index contributed by atoms with van der Waals surface area (Å²) in [5.41, 5.74) is 0.00303. The van der Waals surface area contributed by atoms with Crippen LogP contribution in [0.25, 0.3) is 0 Å². The van der Waals surface area contributed by atoms with Gasteiger partial charge in [0.2, 0.25) is 0 Å². The average molecular weight is 626 g/mol. The van der Waals surface area contributed by atoms with Crippen molar-refractivity contribution in [3.8, 4) is 5.75 Å². The van der Waals surface area contributed by atoms with Crippen LogP contribution < -0.4 is 0 Å². The summed E-state index contributed by atoms with van der Waals surface area (Å²) in [5.74, 6) is 1.44. The molecule has 1 aliphatic carbocycles. The molecule has 35 heavy (non-hydrogen) atoms. The Bertz CT molecular complexity index is 943. The van der Waals surface area contributed by atoms with Crippen LogP contribution in [-0.2, 0) is 16.6 Å². The Kier molecular flexibility index (Phi) is 11.8. The zero-order valence-corrected chi connectivity index (χ0v) is 23.4. The average Bonchev–Trinajstić information content (AvgIpc) is 2.84. The van der Waals surface area contributed by atoms with Crippen molar-refractivity contribution in [2.24, 2.45) is 0 Å². The van der Waals surface area contributed by atoms with E-state index < -0.39 is 42.1 Å². The zero-order chi connectivity index (χ0) is 26.4. The molecule has 1 fully saturated rings. The number of hydrogen-bond donors (Lipinski definition) is 1. The van der Waals surface area contributed by atoms with E-state index in [1.165, 1.54) is 12.1 Å². The van der Waals surface area contributed by atoms with Crippen molar-refractivity contribution >= 4 is 91.9 Å². The third-order valence-electron chi connectivity index (χ3n) is 5.07. The first-order valence-electron chi connectivity index (χ1n) is 10.1. The van der Waals surface area contributed by atoms with Crippen molar-refractivity contribution < 1.29 is 15.0 Å². The molecule has 0 amide bonds. The highest BCUT2D eigenvalue weighted by Gasteiger charge is 2.46. The molecule has 1 unspecified atom stereocenters. The number of benzene rings is 2. The van der Waals surface area contributed by atoms with Crippen LogP contribution >= 0.6 is 69.6 Å². The summed E-state index contributed by atoms with van der Waals surface area (Å²) in [6.07, 6.45) is 0. The van der Waals surface area contributed by atoms with Crippen LogP contribution in [0.4, 0.5) is 11.4 Å². The van der Waals surface area contributed by atoms with Crippen molar-refractivity contribution in [2.45, 2.75) is 49.8 Å². The number of aromatic hydroxyl groups is 1. The molecule has 1 atom stereocenters. The van der Waals surface area contributed by atoms with Gasteiger partial charge in [0.1, 0.15) is 17.3 Å². The number of phenols is 1. The summed E-state index contributed by atoms with van der Waals surface area (Å²) in [6.45, 7) is 1.99. The molecule has 7 nitrogen and oxygen atoms in total. The van der Waals surface area contributed by atoms with Crippen LogP contribution in [0.15, 0.2) is 47.4 Å². The van der Waals surface area contributed by atoms with E-state index in [2.05, 4.69) is 0 Å². The molecule has 1 N–H and O–H groups in total. The minimum atomic E-state index is -0.624. The lowest BCUT2D eigenvalue weighted by molar-refractivity contribution is -0.394. The van der Waals surface area contributed by atoms with E-state index in [9.17, 15) is 25.3 Å². The number of halogens is 6. The minimum Gasteiger partial charge on any atom is -0.508 e. The maximum atomic E-state index is 10.9. The highest BCUT2D eigenvalue weighted by atomic mass is 35.5. The Morgan fingerprint density at radius 1 is 0.771 bits per heavy atom. The maximum Gasteiger partial charge on any atom is 0.276 e. The fourth-order valence-electron chi connectivity index (χ4n) is 3.20. The zero-order valence-electron chi connectivity index (χ0n) is 18.1. The smallest absolute Gasteiger partial charge is 0.276 e. The molecule has 0 heterocycles. The second-order valence-electron chi connectivity index (χ2n) is 7.46. The number of alkyl halides is 6. The Balaban J connectivity index is 0.000000303. The number of nitro benzene ring substituents is 2. The molecule has 0 bridgehead atoms. The normalized spacial score (nSPS) is 26.8. The van der Waals surface area contributed by atoms with Crippen molar-refractivity contribution in [1.82, 2.24) is 0 Å². The summed E-state index contributed by atoms with van der Waals surface area (Å²) < 4.78 is 0. The molecule has 14 heteroatoms. The summed E-state index contributed by atoms with van der Waals surface area (Å²) in [4.78, 5) is 21.6. The van der Waals surface area contributed by atoms with Gasteiger partial charge in [0, 0.05) is 28.6 Å². The van der Waals surface area contributed by atoms with Gasteiger partial charge in [-0.3, -0.25) is 20.2 Å². The van der Waals surface area contributed by atoms with E-state index in [0.717, 1.165) is 16.7 Å². The molecule has 2 aromatic rings. The van der Waals surface area contributed by atoms with E-state index >= 15 is 0 Å². The summed E-state index contributed by atoms with van der Waals surface area (Å²) in [6, 6.07) is 10.5. The standard InChI is InChI=1S/C15H14N2O5S.C6H6Cl6/c1-2-23(15-5-3-14(18)4-6-15)10-11-7-12(16(19)20)9-13(8-11)17(21)22;7-1-2(8)4(10)6(12)5(11)3(1)9/h3-9H,2,10H2,1H3;1-6H/p+1/t;1-,2-,3-,4+,5+,6+. The third kappa shape index (κ3) is 8.06. The first-order valence-corrected chi connectivity index (χ1v) is 14.3. The van der Waals surface area contributed by atoms with Gasteiger partial charge >= 0.3 is 0 Å². The van der Waals surface area contributed by atoms with Gasteiger partial charge in [-0.25, -0.2) is 0 Å². The van der Waals surface area contributed by atoms with E-state index in [1.54, 1.807) is 24.3 Å². The molecule has 0 radical (unpaired) electrons. The van der Waals surface area contributed by atoms with Gasteiger partial charge in [0.15, 0.2) is 4.90 Å². The molecule has 0 aliphatic heterocycles. The second kappa shape index (κ2) is 13.6. The lowest BCUT2D eigenvalue weighted by Crippen LogP contribution is -2.52. The molecule has 0 saturated heterocycles. The highest BCUT2D eigenvalue weighted by molar-refractivity contribution is 7.96. The molecular weight excluding hydrogens is 605 g/mol. The molecule has 0 spiro atoms. The molecule has 2 aromatic carbocycles. The summed E-state index contributed by atoms with van der Waals surface area (Å²) in [7, 11) is -0.253. The van der Waals surface area contributed by atoms with Crippen LogP contribution in [-0.4, -0.2) is 53.0 Å². The van der Waals surface area contributed by atoms with E-state index in [4.69, 9.17) is 69.6 Å². The molecule has 1 aliphatic rings. The van der Waals surface area contributed by atoms with Crippen LogP contribution in [0.1, 0.15) is 12.5 Å². The number of non-ortho nitro benzene ring substituents is 2. The largest absolute Gasteiger partial charge is 0.508 e. The Morgan fingerprint density at radius 2 is 1.14 bits per heavy atom. The van der Waals surface area contributed by atoms with Crippen molar-refractivity contribution in [3.63, 3.8) is 0 Å². The first-order chi connectivity index (χ1) is 16.4. The quantitative estimate of drug-likeness (QED) is 0.160. The van der Waals surface area contributed by atoms with Gasteiger partial charge in [-0.05, 0) is 31.2 Å². The Labute approximate surface area is 235 Å². The van der Waals surface area contributed by atoms with Crippen molar-refractivity contribution in [2.75, 3.05) is 5.75 Å². The maximum absolute atomic E-state index is 10.9. The van der Waals surface area contributed by atoms with Crippen molar-refractivity contribution in [3.05, 3.63) is 68.3 Å². The third-order valence-corrected chi connectivity index (χ3v) is 11.4. The minimum absolute atomic E-state index is 0.166. The fraction of sp³-hybridized carbons (Fsp3) is 0.429. The first kappa shape index (κ1) is 30.4. The lowest BCUT2D eigenvalue weighted by atomic mass is 9.97. The second-order valence-corrected chi connectivity index (χ2v) is 12.8. The van der Waals surface area contributed by atoms with Gasteiger partial charge < -0.3 is 5.11 Å². The number of hydrogen-bond acceptors (Lipinski definition) is 5. The fourth-order valence-corrected chi connectivity index (χ4v) is 7.32. The number of rotatable bonds is 6. The number of nitro groups is 2. The number of phenolic OH excluding ortho intramolecular Hbond substituents is 1. The Hall–Kier alpha value is -0.870. The van der Waals surface area contributed by atoms with Gasteiger partial charge in [-0.1, -0.05) is 0 Å². The molecule has 1 saturated carbocycles. The molecule has 192 valence electrons. The van der Waals surface area contributed by atoms with Gasteiger partial charge in [-0.2, -0.15) is 0 Å². The molecule has 0 aromatic heterocycles. The molecule has 3 rings (SSSR count). The summed E-state index contributed by atoms with van der Waals surface area (Å²) >= 11 is 35.3. The predicted molar refractivity (Wildman–Crippen MR) is 146 cm³/mol. The monoisotopic (exact) mass is 623 g/mol. The Morgan fingerprint density at radius 3 is 1.46 bits per heavy atom.